The molecule has 0 fully saturated rings. The normalized spacial score (nSPS) is 12.8. The van der Waals surface area contributed by atoms with Crippen molar-refractivity contribution in [2.45, 2.75) is 39.4 Å². The number of hydrogen-bond donors (Lipinski definition) is 2. The number of anilines is 1. The molecule has 3 N–H and O–H groups in total. The highest BCUT2D eigenvalue weighted by molar-refractivity contribution is 5.94. The van der Waals surface area contributed by atoms with Gasteiger partial charge in [-0.05, 0) is 37.0 Å². The third-order valence-electron chi connectivity index (χ3n) is 2.87. The molecule has 0 saturated heterocycles. The van der Waals surface area contributed by atoms with Crippen molar-refractivity contribution in [3.05, 3.63) is 29.3 Å². The number of hydrogen-bond acceptors (Lipinski definition) is 2. The van der Waals surface area contributed by atoms with Crippen LogP contribution >= 0.6 is 12.4 Å². The Morgan fingerprint density at radius 2 is 1.90 bits per heavy atom. The van der Waals surface area contributed by atoms with Crippen LogP contribution in [0, 0.1) is 12.8 Å². The minimum atomic E-state index is -4.44. The monoisotopic (exact) mass is 324 g/mol. The lowest BCUT2D eigenvalue weighted by molar-refractivity contribution is -0.138. The maximum atomic E-state index is 12.8. The Bertz CT molecular complexity index is 490. The van der Waals surface area contributed by atoms with Gasteiger partial charge in [0.15, 0.2) is 0 Å². The first-order valence-electron chi connectivity index (χ1n) is 6.35. The number of benzene rings is 1. The molecule has 0 radical (unpaired) electrons. The molecule has 0 saturated carbocycles. The number of alkyl halides is 3. The minimum Gasteiger partial charge on any atom is -0.325 e. The van der Waals surface area contributed by atoms with Crippen LogP contribution < -0.4 is 11.1 Å². The molecule has 0 spiro atoms. The van der Waals surface area contributed by atoms with Crippen LogP contribution in [0.15, 0.2) is 18.2 Å². The van der Waals surface area contributed by atoms with Gasteiger partial charge in [0.1, 0.15) is 0 Å². The Labute approximate surface area is 128 Å². The Kier molecular flexibility index (Phi) is 7.19. The van der Waals surface area contributed by atoms with E-state index >= 15 is 0 Å². The van der Waals surface area contributed by atoms with Crippen LogP contribution in [-0.2, 0) is 11.0 Å². The van der Waals surface area contributed by atoms with Gasteiger partial charge in [-0.3, -0.25) is 4.79 Å². The lowest BCUT2D eigenvalue weighted by Gasteiger charge is -2.16. The summed E-state index contributed by atoms with van der Waals surface area (Å²) in [4.78, 5) is 11.8. The van der Waals surface area contributed by atoms with Gasteiger partial charge in [0, 0.05) is 5.69 Å². The quantitative estimate of drug-likeness (QED) is 0.886. The van der Waals surface area contributed by atoms with Crippen molar-refractivity contribution in [1.82, 2.24) is 0 Å². The number of carbonyl (C=O) groups excluding carboxylic acids is 1. The largest absolute Gasteiger partial charge is 0.416 e. The second-order valence-electron chi connectivity index (χ2n) is 5.25. The van der Waals surface area contributed by atoms with E-state index in [1.807, 2.05) is 13.8 Å². The molecule has 0 aromatic heterocycles. The fourth-order valence-corrected chi connectivity index (χ4v) is 1.86. The average Bonchev–Trinajstić information content (AvgIpc) is 2.29. The smallest absolute Gasteiger partial charge is 0.325 e. The third-order valence-corrected chi connectivity index (χ3v) is 2.87. The number of nitrogens with two attached hydrogens (primary N) is 1. The van der Waals surface area contributed by atoms with Crippen LogP contribution in [0.1, 0.15) is 31.4 Å². The van der Waals surface area contributed by atoms with E-state index in [9.17, 15) is 18.0 Å². The first-order chi connectivity index (χ1) is 9.11. The Morgan fingerprint density at radius 3 is 2.38 bits per heavy atom. The number of nitrogens with one attached hydrogen (secondary N) is 1. The molecule has 7 heteroatoms. The van der Waals surface area contributed by atoms with Gasteiger partial charge in [0.05, 0.1) is 11.6 Å². The molecule has 1 atom stereocenters. The molecule has 0 heterocycles. The summed E-state index contributed by atoms with van der Waals surface area (Å²) in [7, 11) is 0. The summed E-state index contributed by atoms with van der Waals surface area (Å²) in [6.45, 7) is 5.21. The summed E-state index contributed by atoms with van der Waals surface area (Å²) in [6, 6.07) is 2.96. The highest BCUT2D eigenvalue weighted by Gasteiger charge is 2.32. The topological polar surface area (TPSA) is 55.1 Å². The zero-order chi connectivity index (χ0) is 15.5. The van der Waals surface area contributed by atoms with E-state index in [0.29, 0.717) is 6.42 Å². The van der Waals surface area contributed by atoms with E-state index < -0.39 is 23.7 Å². The molecule has 1 aromatic carbocycles. The van der Waals surface area contributed by atoms with Crippen molar-refractivity contribution in [2.24, 2.45) is 11.7 Å². The SMILES string of the molecule is Cc1ccc(NC(=O)[C@@H](N)CC(C)C)cc1C(F)(F)F.Cl. The van der Waals surface area contributed by atoms with Gasteiger partial charge in [-0.1, -0.05) is 19.9 Å². The fraction of sp³-hybridized carbons (Fsp3) is 0.500. The van der Waals surface area contributed by atoms with E-state index in [-0.39, 0.29) is 29.6 Å². The first-order valence-corrected chi connectivity index (χ1v) is 6.35. The lowest BCUT2D eigenvalue weighted by atomic mass is 10.0. The lowest BCUT2D eigenvalue weighted by Crippen LogP contribution is -2.36. The molecular weight excluding hydrogens is 305 g/mol. The molecule has 0 aliphatic carbocycles. The fourth-order valence-electron chi connectivity index (χ4n) is 1.86. The summed E-state index contributed by atoms with van der Waals surface area (Å²) in [5, 5.41) is 2.42. The van der Waals surface area contributed by atoms with E-state index in [1.165, 1.54) is 19.1 Å². The number of rotatable bonds is 4. The van der Waals surface area contributed by atoms with Crippen molar-refractivity contribution in [2.75, 3.05) is 5.32 Å². The van der Waals surface area contributed by atoms with Crippen molar-refractivity contribution < 1.29 is 18.0 Å². The summed E-state index contributed by atoms with van der Waals surface area (Å²) >= 11 is 0. The van der Waals surface area contributed by atoms with Crippen LogP contribution in [0.4, 0.5) is 18.9 Å². The molecule has 0 aliphatic heterocycles. The van der Waals surface area contributed by atoms with Gasteiger partial charge < -0.3 is 11.1 Å². The van der Waals surface area contributed by atoms with Crippen molar-refractivity contribution in [3.8, 4) is 0 Å². The molecule has 1 aromatic rings. The Morgan fingerprint density at radius 1 is 1.33 bits per heavy atom. The molecule has 120 valence electrons. The predicted molar refractivity (Wildman–Crippen MR) is 79.5 cm³/mol. The maximum Gasteiger partial charge on any atom is 0.416 e. The molecule has 3 nitrogen and oxygen atoms in total. The van der Waals surface area contributed by atoms with Crippen LogP contribution in [0.3, 0.4) is 0 Å². The molecule has 21 heavy (non-hydrogen) atoms. The van der Waals surface area contributed by atoms with Crippen LogP contribution in [-0.4, -0.2) is 11.9 Å². The van der Waals surface area contributed by atoms with Crippen LogP contribution in [0.2, 0.25) is 0 Å². The zero-order valence-corrected chi connectivity index (χ0v) is 12.9. The second kappa shape index (κ2) is 7.66. The highest BCUT2D eigenvalue weighted by atomic mass is 35.5. The number of carbonyl (C=O) groups is 1. The van der Waals surface area contributed by atoms with Gasteiger partial charge in [0.2, 0.25) is 5.91 Å². The molecule has 1 amide bonds. The summed E-state index contributed by atoms with van der Waals surface area (Å²) in [5.74, 6) is -0.241. The molecule has 0 unspecified atom stereocenters. The standard InChI is InChI=1S/C14H19F3N2O.ClH/c1-8(2)6-12(18)13(20)19-10-5-4-9(3)11(7-10)14(15,16)17;/h4-5,7-8,12H,6,18H2,1-3H3,(H,19,20);1H/t12-;/m0./s1. The van der Waals surface area contributed by atoms with E-state index in [4.69, 9.17) is 5.73 Å². The van der Waals surface area contributed by atoms with E-state index in [0.717, 1.165) is 6.07 Å². The number of aryl methyl sites for hydroxylation is 1. The molecule has 1 rings (SSSR count). The first kappa shape index (κ1) is 19.7. The van der Waals surface area contributed by atoms with Gasteiger partial charge in [0.25, 0.3) is 0 Å². The molecular formula is C14H20ClF3N2O. The molecule has 0 aliphatic rings. The van der Waals surface area contributed by atoms with Gasteiger partial charge in [-0.15, -0.1) is 12.4 Å². The Balaban J connectivity index is 0.00000400. The average molecular weight is 325 g/mol. The predicted octanol–water partition coefficient (Wildman–Crippen LogP) is 3.75. The zero-order valence-electron chi connectivity index (χ0n) is 12.1. The molecule has 0 bridgehead atoms. The summed E-state index contributed by atoms with van der Waals surface area (Å²) in [6.07, 6.45) is -3.96. The minimum absolute atomic E-state index is 0. The van der Waals surface area contributed by atoms with E-state index in [1.54, 1.807) is 0 Å². The van der Waals surface area contributed by atoms with Crippen molar-refractivity contribution >= 4 is 24.0 Å². The number of amides is 1. The third kappa shape index (κ3) is 5.93. The highest BCUT2D eigenvalue weighted by Crippen LogP contribution is 2.33. The second-order valence-corrected chi connectivity index (χ2v) is 5.25. The van der Waals surface area contributed by atoms with Crippen molar-refractivity contribution in [3.63, 3.8) is 0 Å². The van der Waals surface area contributed by atoms with Gasteiger partial charge in [-0.2, -0.15) is 13.2 Å². The Hall–Kier alpha value is -1.27. The van der Waals surface area contributed by atoms with Gasteiger partial charge >= 0.3 is 6.18 Å². The summed E-state index contributed by atoms with van der Waals surface area (Å²) < 4.78 is 38.3. The van der Waals surface area contributed by atoms with Gasteiger partial charge in [-0.25, -0.2) is 0 Å². The number of halogens is 4. The van der Waals surface area contributed by atoms with Crippen LogP contribution in [0.25, 0.3) is 0 Å². The maximum absolute atomic E-state index is 12.8. The summed E-state index contributed by atoms with van der Waals surface area (Å²) in [5.41, 5.74) is 5.15. The van der Waals surface area contributed by atoms with Crippen LogP contribution in [0.5, 0.6) is 0 Å². The van der Waals surface area contributed by atoms with E-state index in [2.05, 4.69) is 5.32 Å². The van der Waals surface area contributed by atoms with Crippen molar-refractivity contribution in [1.29, 1.82) is 0 Å².